The van der Waals surface area contributed by atoms with E-state index in [0.29, 0.717) is 16.3 Å². The van der Waals surface area contributed by atoms with E-state index in [2.05, 4.69) is 4.98 Å². The third kappa shape index (κ3) is 2.93. The normalized spacial score (nSPS) is 10.8. The molecule has 0 saturated heterocycles. The number of rotatable bonds is 4. The van der Waals surface area contributed by atoms with Crippen LogP contribution in [0.5, 0.6) is 0 Å². The van der Waals surface area contributed by atoms with Crippen molar-refractivity contribution in [1.82, 2.24) is 9.88 Å². The second-order valence-electron chi connectivity index (χ2n) is 4.96. The quantitative estimate of drug-likeness (QED) is 0.683. The smallest absolute Gasteiger partial charge is 0.264 e. The van der Waals surface area contributed by atoms with Crippen LogP contribution in [0.15, 0.2) is 36.4 Å². The molecule has 0 unspecified atom stereocenters. The molecule has 0 spiro atoms. The highest BCUT2D eigenvalue weighted by atomic mass is 32.1. The minimum atomic E-state index is -0.0863. The Kier molecular flexibility index (Phi) is 4.04. The van der Waals surface area contributed by atoms with E-state index in [1.807, 2.05) is 24.3 Å². The molecular weight excluding hydrogens is 316 g/mol. The molecule has 22 heavy (non-hydrogen) atoms. The number of nitrogens with zero attached hydrogens (tertiary/aromatic N) is 2. The van der Waals surface area contributed by atoms with Gasteiger partial charge in [-0.05, 0) is 31.2 Å². The topological polar surface area (TPSA) is 50.3 Å². The molecule has 0 bridgehead atoms. The lowest BCUT2D eigenvalue weighted by atomic mass is 10.3. The van der Waals surface area contributed by atoms with E-state index in [0.717, 1.165) is 15.2 Å². The predicted molar refractivity (Wildman–Crippen MR) is 89.7 cm³/mol. The molecule has 0 fully saturated rings. The number of ketones is 1. The summed E-state index contributed by atoms with van der Waals surface area (Å²) in [7, 11) is 1.75. The van der Waals surface area contributed by atoms with Crippen LogP contribution >= 0.6 is 22.7 Å². The maximum Gasteiger partial charge on any atom is 0.264 e. The van der Waals surface area contributed by atoms with Gasteiger partial charge >= 0.3 is 0 Å². The van der Waals surface area contributed by atoms with Gasteiger partial charge in [0.15, 0.2) is 5.78 Å². The Labute approximate surface area is 136 Å². The highest BCUT2D eigenvalue weighted by molar-refractivity contribution is 7.18. The first-order valence-corrected chi connectivity index (χ1v) is 8.38. The first-order valence-electron chi connectivity index (χ1n) is 6.75. The number of carbonyl (C=O) groups is 2. The van der Waals surface area contributed by atoms with Gasteiger partial charge in [-0.2, -0.15) is 0 Å². The molecule has 0 aliphatic heterocycles. The molecule has 0 saturated carbocycles. The molecule has 1 amide bonds. The number of fused-ring (bicyclic) bond motifs is 1. The highest BCUT2D eigenvalue weighted by Crippen LogP contribution is 2.24. The number of aromatic nitrogens is 1. The summed E-state index contributed by atoms with van der Waals surface area (Å²) in [4.78, 5) is 31.1. The molecule has 6 heteroatoms. The SMILES string of the molecule is CC(=O)c1ccc(C(=O)N(C)Cc2nc3ccccc3s2)s1. The number of para-hydroxylation sites is 1. The average Bonchev–Trinajstić information content (AvgIpc) is 3.12. The van der Waals surface area contributed by atoms with Gasteiger partial charge in [0.1, 0.15) is 5.01 Å². The summed E-state index contributed by atoms with van der Waals surface area (Å²) in [6, 6.07) is 11.3. The van der Waals surface area contributed by atoms with Crippen molar-refractivity contribution in [3.8, 4) is 0 Å². The molecule has 2 heterocycles. The largest absolute Gasteiger partial charge is 0.334 e. The average molecular weight is 330 g/mol. The van der Waals surface area contributed by atoms with Gasteiger partial charge in [-0.1, -0.05) is 12.1 Å². The van der Waals surface area contributed by atoms with Gasteiger partial charge in [-0.15, -0.1) is 22.7 Å². The van der Waals surface area contributed by atoms with Crippen LogP contribution in [0.1, 0.15) is 31.3 Å². The van der Waals surface area contributed by atoms with Crippen LogP contribution in [-0.2, 0) is 6.54 Å². The third-order valence-corrected chi connectivity index (χ3v) is 5.42. The fraction of sp³-hybridized carbons (Fsp3) is 0.188. The molecule has 0 atom stereocenters. The van der Waals surface area contributed by atoms with Crippen LogP contribution in [-0.4, -0.2) is 28.6 Å². The van der Waals surface area contributed by atoms with Crippen LogP contribution in [0.25, 0.3) is 10.2 Å². The summed E-state index contributed by atoms with van der Waals surface area (Å²) in [5.41, 5.74) is 0.957. The summed E-state index contributed by atoms with van der Waals surface area (Å²) < 4.78 is 1.12. The molecule has 0 N–H and O–H groups in total. The molecule has 2 aromatic heterocycles. The van der Waals surface area contributed by atoms with Gasteiger partial charge < -0.3 is 4.90 Å². The second-order valence-corrected chi connectivity index (χ2v) is 7.16. The Morgan fingerprint density at radius 1 is 1.09 bits per heavy atom. The number of carbonyl (C=O) groups excluding carboxylic acids is 2. The number of thiazole rings is 1. The summed E-state index contributed by atoms with van der Waals surface area (Å²) in [5, 5.41) is 0.903. The summed E-state index contributed by atoms with van der Waals surface area (Å²) in [6.45, 7) is 1.97. The first kappa shape index (κ1) is 14.9. The Balaban J connectivity index is 1.76. The fourth-order valence-electron chi connectivity index (χ4n) is 2.09. The molecule has 0 aliphatic carbocycles. The molecule has 0 aliphatic rings. The van der Waals surface area contributed by atoms with Gasteiger partial charge in [0.25, 0.3) is 5.91 Å². The van der Waals surface area contributed by atoms with Gasteiger partial charge in [0, 0.05) is 7.05 Å². The predicted octanol–water partition coefficient (Wildman–Crippen LogP) is 3.83. The molecule has 3 aromatic rings. The van der Waals surface area contributed by atoms with E-state index in [4.69, 9.17) is 0 Å². The second kappa shape index (κ2) is 5.98. The first-order chi connectivity index (χ1) is 10.5. The van der Waals surface area contributed by atoms with Crippen molar-refractivity contribution in [2.24, 2.45) is 0 Å². The zero-order chi connectivity index (χ0) is 15.7. The number of benzene rings is 1. The van der Waals surface area contributed by atoms with Gasteiger partial charge in [-0.3, -0.25) is 9.59 Å². The van der Waals surface area contributed by atoms with Crippen molar-refractivity contribution >= 4 is 44.6 Å². The Hall–Kier alpha value is -2.05. The van der Waals surface area contributed by atoms with E-state index < -0.39 is 0 Å². The van der Waals surface area contributed by atoms with Crippen molar-refractivity contribution in [3.63, 3.8) is 0 Å². The maximum absolute atomic E-state index is 12.4. The van der Waals surface area contributed by atoms with E-state index in [1.165, 1.54) is 18.3 Å². The van der Waals surface area contributed by atoms with Crippen LogP contribution < -0.4 is 0 Å². The van der Waals surface area contributed by atoms with Crippen molar-refractivity contribution in [2.75, 3.05) is 7.05 Å². The zero-order valence-corrected chi connectivity index (χ0v) is 13.8. The van der Waals surface area contributed by atoms with Crippen molar-refractivity contribution in [3.05, 3.63) is 51.2 Å². The van der Waals surface area contributed by atoms with Gasteiger partial charge in [0.2, 0.25) is 0 Å². The van der Waals surface area contributed by atoms with E-state index in [1.54, 1.807) is 35.4 Å². The third-order valence-electron chi connectivity index (χ3n) is 3.22. The summed E-state index contributed by atoms with van der Waals surface area (Å²) >= 11 is 2.83. The lowest BCUT2D eigenvalue weighted by Crippen LogP contribution is -2.25. The summed E-state index contributed by atoms with van der Waals surface area (Å²) in [5.74, 6) is -0.102. The van der Waals surface area contributed by atoms with E-state index in [9.17, 15) is 9.59 Å². The molecule has 4 nitrogen and oxygen atoms in total. The molecule has 0 radical (unpaired) electrons. The summed E-state index contributed by atoms with van der Waals surface area (Å²) in [6.07, 6.45) is 0. The van der Waals surface area contributed by atoms with Crippen molar-refractivity contribution in [1.29, 1.82) is 0 Å². The maximum atomic E-state index is 12.4. The molecule has 1 aromatic carbocycles. The molecule has 112 valence electrons. The monoisotopic (exact) mass is 330 g/mol. The van der Waals surface area contributed by atoms with E-state index >= 15 is 0 Å². The number of hydrogen-bond acceptors (Lipinski definition) is 5. The lowest BCUT2D eigenvalue weighted by molar-refractivity contribution is 0.0789. The molecular formula is C16H14N2O2S2. The van der Waals surface area contributed by atoms with Crippen LogP contribution in [0.3, 0.4) is 0 Å². The standard InChI is InChI=1S/C16H14N2O2S2/c1-10(19)12-7-8-14(21-12)16(20)18(2)9-15-17-11-5-3-4-6-13(11)22-15/h3-8H,9H2,1-2H3. The van der Waals surface area contributed by atoms with Gasteiger partial charge in [0.05, 0.1) is 26.5 Å². The Bertz CT molecular complexity index is 818. The number of amides is 1. The van der Waals surface area contributed by atoms with Crippen LogP contribution in [0.4, 0.5) is 0 Å². The molecule has 3 rings (SSSR count). The number of thiophene rings is 1. The van der Waals surface area contributed by atoms with E-state index in [-0.39, 0.29) is 11.7 Å². The number of Topliss-reactive ketones (excluding diaryl/α,β-unsaturated/α-hetero) is 1. The number of hydrogen-bond donors (Lipinski definition) is 0. The van der Waals surface area contributed by atoms with Gasteiger partial charge in [-0.25, -0.2) is 4.98 Å². The zero-order valence-electron chi connectivity index (χ0n) is 12.2. The fourth-order valence-corrected chi connectivity index (χ4v) is 4.01. The van der Waals surface area contributed by atoms with Crippen molar-refractivity contribution in [2.45, 2.75) is 13.5 Å². The van der Waals surface area contributed by atoms with Crippen molar-refractivity contribution < 1.29 is 9.59 Å². The minimum Gasteiger partial charge on any atom is -0.334 e. The highest BCUT2D eigenvalue weighted by Gasteiger charge is 2.17. The van der Waals surface area contributed by atoms with Crippen LogP contribution in [0.2, 0.25) is 0 Å². The Morgan fingerprint density at radius 2 is 1.82 bits per heavy atom. The lowest BCUT2D eigenvalue weighted by Gasteiger charge is -2.14. The van der Waals surface area contributed by atoms with Crippen LogP contribution in [0, 0.1) is 0 Å². The Morgan fingerprint density at radius 3 is 2.50 bits per heavy atom. The minimum absolute atomic E-state index is 0.0159.